The molecule has 3 aromatic carbocycles. The van der Waals surface area contributed by atoms with Crippen molar-refractivity contribution in [1.82, 2.24) is 5.32 Å². The molecule has 2 N–H and O–H groups in total. The summed E-state index contributed by atoms with van der Waals surface area (Å²) in [6.45, 7) is 0.455. The fourth-order valence-corrected chi connectivity index (χ4v) is 4.28. The van der Waals surface area contributed by atoms with Gasteiger partial charge in [-0.2, -0.15) is 0 Å². The number of carboxylic acids is 1. The van der Waals surface area contributed by atoms with Gasteiger partial charge in [-0.05, 0) is 48.4 Å². The Hall–Kier alpha value is -3.44. The van der Waals surface area contributed by atoms with Crippen molar-refractivity contribution in [3.8, 4) is 0 Å². The molecule has 2 atom stereocenters. The summed E-state index contributed by atoms with van der Waals surface area (Å²) in [6.07, 6.45) is 2.35. The van der Waals surface area contributed by atoms with E-state index in [-0.39, 0.29) is 5.91 Å². The maximum Gasteiger partial charge on any atom is 0.320 e. The third-order valence-electron chi connectivity index (χ3n) is 6.00. The molecular weight excluding hydrogens is 400 g/mol. The number of amides is 1. The maximum atomic E-state index is 13.6. The highest BCUT2D eigenvalue weighted by Crippen LogP contribution is 2.29. The molecule has 4 rings (SSSR count). The Balaban J connectivity index is 1.54. The lowest BCUT2D eigenvalue weighted by Crippen LogP contribution is -2.51. The molecule has 0 saturated carbocycles. The Morgan fingerprint density at radius 1 is 0.938 bits per heavy atom. The predicted molar refractivity (Wildman–Crippen MR) is 126 cm³/mol. The molecule has 1 aliphatic rings. The maximum absolute atomic E-state index is 13.6. The standard InChI is InChI=1S/C27H28N2O3/c30-26-23(28-24(27(31)32)17-15-20-9-3-1-4-10-20)18-16-22-13-7-8-14-25(22)29(26)19-21-11-5-2-6-12-21/h1-14,23-24,28H,15-19H2,(H,31,32)/t23?,24-/m0/s1. The van der Waals surface area contributed by atoms with Gasteiger partial charge in [-0.1, -0.05) is 78.9 Å². The number of anilines is 1. The van der Waals surface area contributed by atoms with Crippen molar-refractivity contribution < 1.29 is 14.7 Å². The molecule has 1 heterocycles. The molecule has 32 heavy (non-hydrogen) atoms. The van der Waals surface area contributed by atoms with Crippen molar-refractivity contribution >= 4 is 17.6 Å². The van der Waals surface area contributed by atoms with Crippen LogP contribution in [0.3, 0.4) is 0 Å². The van der Waals surface area contributed by atoms with Gasteiger partial charge in [-0.25, -0.2) is 0 Å². The van der Waals surface area contributed by atoms with Crippen LogP contribution in [0.25, 0.3) is 0 Å². The molecule has 1 unspecified atom stereocenters. The molecule has 3 aromatic rings. The van der Waals surface area contributed by atoms with E-state index in [1.54, 1.807) is 4.90 Å². The third-order valence-corrected chi connectivity index (χ3v) is 6.00. The van der Waals surface area contributed by atoms with Crippen LogP contribution in [0, 0.1) is 0 Å². The number of carbonyl (C=O) groups is 2. The minimum absolute atomic E-state index is 0.0789. The predicted octanol–water partition coefficient (Wildman–Crippen LogP) is 4.21. The summed E-state index contributed by atoms with van der Waals surface area (Å²) < 4.78 is 0. The molecule has 0 spiro atoms. The average molecular weight is 429 g/mol. The largest absolute Gasteiger partial charge is 0.480 e. The number of benzene rings is 3. The number of hydrogen-bond acceptors (Lipinski definition) is 3. The summed E-state index contributed by atoms with van der Waals surface area (Å²) in [4.78, 5) is 27.4. The van der Waals surface area contributed by atoms with E-state index in [1.807, 2.05) is 84.9 Å². The van der Waals surface area contributed by atoms with Gasteiger partial charge in [0.05, 0.1) is 12.6 Å². The van der Waals surface area contributed by atoms with Crippen molar-refractivity contribution in [1.29, 1.82) is 0 Å². The van der Waals surface area contributed by atoms with E-state index in [1.165, 1.54) is 0 Å². The van der Waals surface area contributed by atoms with Gasteiger partial charge in [0, 0.05) is 5.69 Å². The van der Waals surface area contributed by atoms with E-state index >= 15 is 0 Å². The van der Waals surface area contributed by atoms with Gasteiger partial charge in [0.2, 0.25) is 5.91 Å². The van der Waals surface area contributed by atoms with E-state index in [4.69, 9.17) is 0 Å². The first-order valence-corrected chi connectivity index (χ1v) is 11.1. The quantitative estimate of drug-likeness (QED) is 0.564. The summed E-state index contributed by atoms with van der Waals surface area (Å²) in [7, 11) is 0. The van der Waals surface area contributed by atoms with Crippen LogP contribution < -0.4 is 10.2 Å². The molecule has 0 aromatic heterocycles. The first-order chi connectivity index (χ1) is 15.6. The first-order valence-electron chi connectivity index (χ1n) is 11.1. The van der Waals surface area contributed by atoms with Crippen LogP contribution >= 0.6 is 0 Å². The molecule has 5 heteroatoms. The third kappa shape index (κ3) is 5.24. The summed E-state index contributed by atoms with van der Waals surface area (Å²) in [6, 6.07) is 26.3. The van der Waals surface area contributed by atoms with Gasteiger partial charge in [-0.3, -0.25) is 14.9 Å². The SMILES string of the molecule is O=C(O)[C@H](CCc1ccccc1)NC1CCc2ccccc2N(Cc2ccccc2)C1=O. The lowest BCUT2D eigenvalue weighted by atomic mass is 10.0. The van der Waals surface area contributed by atoms with Crippen molar-refractivity contribution in [3.05, 3.63) is 102 Å². The lowest BCUT2D eigenvalue weighted by Gasteiger charge is -2.28. The van der Waals surface area contributed by atoms with Crippen LogP contribution in [0.4, 0.5) is 5.69 Å². The van der Waals surface area contributed by atoms with Gasteiger partial charge in [-0.15, -0.1) is 0 Å². The molecule has 1 amide bonds. The van der Waals surface area contributed by atoms with Crippen LogP contribution in [-0.2, 0) is 29.0 Å². The van der Waals surface area contributed by atoms with Gasteiger partial charge < -0.3 is 10.0 Å². The fraction of sp³-hybridized carbons (Fsp3) is 0.259. The van der Waals surface area contributed by atoms with Crippen molar-refractivity contribution in [2.24, 2.45) is 0 Å². The minimum Gasteiger partial charge on any atom is -0.480 e. The highest BCUT2D eigenvalue weighted by atomic mass is 16.4. The average Bonchev–Trinajstić information content (AvgIpc) is 2.95. The van der Waals surface area contributed by atoms with Crippen molar-refractivity contribution in [2.75, 3.05) is 4.90 Å². The zero-order valence-electron chi connectivity index (χ0n) is 18.0. The lowest BCUT2D eigenvalue weighted by molar-refractivity contribution is -0.140. The van der Waals surface area contributed by atoms with Gasteiger partial charge in [0.25, 0.3) is 0 Å². The van der Waals surface area contributed by atoms with E-state index in [2.05, 4.69) is 5.32 Å². The van der Waals surface area contributed by atoms with Crippen LogP contribution in [0.15, 0.2) is 84.9 Å². The number of rotatable bonds is 8. The Kier molecular flexibility index (Phi) is 6.97. The number of carbonyl (C=O) groups excluding carboxylic acids is 1. The number of nitrogens with one attached hydrogen (secondary N) is 1. The van der Waals surface area contributed by atoms with E-state index < -0.39 is 18.1 Å². The highest BCUT2D eigenvalue weighted by molar-refractivity contribution is 5.98. The molecule has 1 aliphatic heterocycles. The normalized spacial score (nSPS) is 16.8. The summed E-state index contributed by atoms with van der Waals surface area (Å²) in [5.74, 6) is -1.00. The zero-order chi connectivity index (χ0) is 22.3. The van der Waals surface area contributed by atoms with Gasteiger partial charge >= 0.3 is 5.97 Å². The Morgan fingerprint density at radius 2 is 1.56 bits per heavy atom. The van der Waals surface area contributed by atoms with Gasteiger partial charge in [0.15, 0.2) is 0 Å². The molecule has 164 valence electrons. The monoisotopic (exact) mass is 428 g/mol. The minimum atomic E-state index is -0.926. The molecule has 0 aliphatic carbocycles. The van der Waals surface area contributed by atoms with Crippen LogP contribution in [0.1, 0.15) is 29.5 Å². The summed E-state index contributed by atoms with van der Waals surface area (Å²) >= 11 is 0. The molecule has 0 saturated heterocycles. The summed E-state index contributed by atoms with van der Waals surface area (Å²) in [5.41, 5.74) is 4.14. The van der Waals surface area contributed by atoms with Crippen LogP contribution in [-0.4, -0.2) is 29.1 Å². The van der Waals surface area contributed by atoms with E-state index in [0.29, 0.717) is 25.8 Å². The van der Waals surface area contributed by atoms with Crippen molar-refractivity contribution in [2.45, 2.75) is 44.3 Å². The highest BCUT2D eigenvalue weighted by Gasteiger charge is 2.33. The second kappa shape index (κ2) is 10.2. The van der Waals surface area contributed by atoms with Gasteiger partial charge in [0.1, 0.15) is 6.04 Å². The second-order valence-electron chi connectivity index (χ2n) is 8.21. The number of fused-ring (bicyclic) bond motifs is 1. The number of nitrogens with zero attached hydrogens (tertiary/aromatic N) is 1. The van der Waals surface area contributed by atoms with E-state index in [0.717, 1.165) is 28.8 Å². The first kappa shape index (κ1) is 21.8. The molecule has 0 fully saturated rings. The summed E-state index contributed by atoms with van der Waals surface area (Å²) in [5, 5.41) is 13.0. The molecule has 0 bridgehead atoms. The topological polar surface area (TPSA) is 69.6 Å². The van der Waals surface area contributed by atoms with Crippen LogP contribution in [0.5, 0.6) is 0 Å². The van der Waals surface area contributed by atoms with E-state index in [9.17, 15) is 14.7 Å². The molecular formula is C27H28N2O3. The second-order valence-corrected chi connectivity index (χ2v) is 8.21. The zero-order valence-corrected chi connectivity index (χ0v) is 18.0. The number of aliphatic carboxylic acids is 1. The number of hydrogen-bond donors (Lipinski definition) is 2. The van der Waals surface area contributed by atoms with Crippen molar-refractivity contribution in [3.63, 3.8) is 0 Å². The number of para-hydroxylation sites is 1. The molecule has 5 nitrogen and oxygen atoms in total. The van der Waals surface area contributed by atoms with Crippen LogP contribution in [0.2, 0.25) is 0 Å². The Bertz CT molecular complexity index is 1050. The Morgan fingerprint density at radius 3 is 2.25 bits per heavy atom. The Labute approximate surface area is 188 Å². The smallest absolute Gasteiger partial charge is 0.320 e. The number of carboxylic acid groups (broad SMARTS) is 1. The molecule has 0 radical (unpaired) electrons. The number of aryl methyl sites for hydroxylation is 2. The fourth-order valence-electron chi connectivity index (χ4n) is 4.28.